The van der Waals surface area contributed by atoms with E-state index in [0.29, 0.717) is 46.9 Å². The van der Waals surface area contributed by atoms with Crippen LogP contribution >= 0.6 is 0 Å². The first-order valence-electron chi connectivity index (χ1n) is 11.9. The van der Waals surface area contributed by atoms with Gasteiger partial charge in [-0.3, -0.25) is 14.5 Å². The Morgan fingerprint density at radius 1 is 0.914 bits per heavy atom. The second-order valence-corrected chi connectivity index (χ2v) is 8.57. The molecule has 4 aromatic rings. The molecule has 0 spiro atoms. The van der Waals surface area contributed by atoms with Crippen molar-refractivity contribution in [2.75, 3.05) is 18.1 Å². The van der Waals surface area contributed by atoms with E-state index in [1.807, 2.05) is 63.2 Å². The van der Waals surface area contributed by atoms with Gasteiger partial charge in [0.2, 0.25) is 5.76 Å². The van der Waals surface area contributed by atoms with Gasteiger partial charge in [0.15, 0.2) is 16.9 Å². The number of ether oxygens (including phenoxy) is 2. The van der Waals surface area contributed by atoms with E-state index in [2.05, 4.69) is 0 Å². The summed E-state index contributed by atoms with van der Waals surface area (Å²) in [5, 5.41) is 0.447. The fourth-order valence-corrected chi connectivity index (χ4v) is 4.50. The van der Waals surface area contributed by atoms with Gasteiger partial charge in [0.25, 0.3) is 5.91 Å². The highest BCUT2D eigenvalue weighted by Crippen LogP contribution is 2.43. The summed E-state index contributed by atoms with van der Waals surface area (Å²) < 4.78 is 17.8. The van der Waals surface area contributed by atoms with Crippen molar-refractivity contribution in [3.8, 4) is 11.5 Å². The Labute approximate surface area is 203 Å². The first-order valence-corrected chi connectivity index (χ1v) is 11.9. The van der Waals surface area contributed by atoms with Gasteiger partial charge >= 0.3 is 0 Å². The smallest absolute Gasteiger partial charge is 0.295 e. The molecule has 1 unspecified atom stereocenters. The molecule has 0 fully saturated rings. The van der Waals surface area contributed by atoms with Crippen LogP contribution in [0.4, 0.5) is 5.69 Å². The summed E-state index contributed by atoms with van der Waals surface area (Å²) in [4.78, 5) is 29.1. The molecule has 0 saturated heterocycles. The lowest BCUT2D eigenvalue weighted by Gasteiger charge is -2.26. The number of hydrogen-bond acceptors (Lipinski definition) is 5. The van der Waals surface area contributed by atoms with Gasteiger partial charge in [-0.1, -0.05) is 42.8 Å². The Balaban J connectivity index is 1.74. The lowest BCUT2D eigenvalue weighted by molar-refractivity contribution is 0.0971. The lowest BCUT2D eigenvalue weighted by atomic mass is 9.97. The normalized spacial score (nSPS) is 14.9. The summed E-state index contributed by atoms with van der Waals surface area (Å²) in [6, 6.07) is 19.6. The second-order valence-electron chi connectivity index (χ2n) is 8.57. The molecule has 0 bridgehead atoms. The summed E-state index contributed by atoms with van der Waals surface area (Å²) in [6.45, 7) is 6.96. The number of hydrogen-bond donors (Lipinski definition) is 0. The third-order valence-electron chi connectivity index (χ3n) is 6.13. The van der Waals surface area contributed by atoms with E-state index in [-0.39, 0.29) is 17.1 Å². The molecule has 6 heteroatoms. The molecule has 0 saturated carbocycles. The molecule has 5 rings (SSSR count). The van der Waals surface area contributed by atoms with Crippen LogP contribution in [0.5, 0.6) is 11.5 Å². The number of carbonyl (C=O) groups excluding carboxylic acids is 1. The predicted molar refractivity (Wildman–Crippen MR) is 136 cm³/mol. The van der Waals surface area contributed by atoms with E-state index < -0.39 is 6.04 Å². The minimum absolute atomic E-state index is 0.0727. The third-order valence-corrected chi connectivity index (χ3v) is 6.13. The quantitative estimate of drug-likeness (QED) is 0.330. The van der Waals surface area contributed by atoms with Crippen molar-refractivity contribution >= 4 is 22.6 Å². The third kappa shape index (κ3) is 3.95. The number of benzene rings is 3. The van der Waals surface area contributed by atoms with Crippen LogP contribution in [-0.2, 0) is 0 Å². The zero-order valence-corrected chi connectivity index (χ0v) is 20.0. The molecule has 1 aliphatic heterocycles. The zero-order chi connectivity index (χ0) is 24.5. The molecule has 178 valence electrons. The zero-order valence-electron chi connectivity index (χ0n) is 20.0. The lowest BCUT2D eigenvalue weighted by Crippen LogP contribution is -2.29. The summed E-state index contributed by atoms with van der Waals surface area (Å²) in [5.74, 6) is 0.937. The van der Waals surface area contributed by atoms with Crippen LogP contribution in [0.25, 0.3) is 11.0 Å². The monoisotopic (exact) mass is 469 g/mol. The van der Waals surface area contributed by atoms with Crippen LogP contribution in [0.3, 0.4) is 0 Å². The molecule has 0 radical (unpaired) electrons. The van der Waals surface area contributed by atoms with Crippen LogP contribution in [0.1, 0.15) is 53.6 Å². The van der Waals surface area contributed by atoms with E-state index >= 15 is 0 Å². The number of nitrogens with zero attached hydrogens (tertiary/aromatic N) is 1. The summed E-state index contributed by atoms with van der Waals surface area (Å²) >= 11 is 0. The maximum absolute atomic E-state index is 13.7. The van der Waals surface area contributed by atoms with Gasteiger partial charge in [0.05, 0.1) is 30.2 Å². The van der Waals surface area contributed by atoms with E-state index in [9.17, 15) is 9.59 Å². The predicted octanol–water partition coefficient (Wildman–Crippen LogP) is 6.04. The summed E-state index contributed by atoms with van der Waals surface area (Å²) in [6.07, 6.45) is 0.868. The molecule has 1 aliphatic rings. The fraction of sp³-hybridized carbons (Fsp3) is 0.241. The number of carbonyl (C=O) groups is 1. The van der Waals surface area contributed by atoms with Gasteiger partial charge in [-0.05, 0) is 62.2 Å². The minimum Gasteiger partial charge on any atom is -0.490 e. The van der Waals surface area contributed by atoms with E-state index in [1.54, 1.807) is 29.2 Å². The Bertz CT molecular complexity index is 1450. The van der Waals surface area contributed by atoms with Crippen molar-refractivity contribution in [2.24, 2.45) is 0 Å². The highest BCUT2D eigenvalue weighted by Gasteiger charge is 2.43. The van der Waals surface area contributed by atoms with Crippen LogP contribution in [0.15, 0.2) is 75.9 Å². The Kier molecular flexibility index (Phi) is 6.03. The van der Waals surface area contributed by atoms with E-state index in [1.165, 1.54) is 0 Å². The van der Waals surface area contributed by atoms with Gasteiger partial charge in [0, 0.05) is 5.69 Å². The SMILES string of the molecule is CCCOc1ccc(C2c3c(oc4ccccc4c3=O)C(=O)N2c2ccc(C)cc2)cc1OCC. The fourth-order valence-electron chi connectivity index (χ4n) is 4.50. The van der Waals surface area contributed by atoms with Crippen LogP contribution in [0, 0.1) is 6.92 Å². The molecule has 3 aromatic carbocycles. The number of anilines is 1. The van der Waals surface area contributed by atoms with E-state index in [0.717, 1.165) is 17.5 Å². The average molecular weight is 470 g/mol. The number of rotatable bonds is 7. The largest absolute Gasteiger partial charge is 0.490 e. The highest BCUT2D eigenvalue weighted by atomic mass is 16.5. The molecule has 6 nitrogen and oxygen atoms in total. The number of amides is 1. The van der Waals surface area contributed by atoms with Gasteiger partial charge in [-0.2, -0.15) is 0 Å². The molecule has 0 N–H and O–H groups in total. The van der Waals surface area contributed by atoms with Crippen LogP contribution in [-0.4, -0.2) is 19.1 Å². The van der Waals surface area contributed by atoms with Crippen molar-refractivity contribution < 1.29 is 18.7 Å². The second kappa shape index (κ2) is 9.29. The maximum Gasteiger partial charge on any atom is 0.295 e. The van der Waals surface area contributed by atoms with Crippen molar-refractivity contribution in [2.45, 2.75) is 33.2 Å². The Morgan fingerprint density at radius 3 is 2.43 bits per heavy atom. The van der Waals surface area contributed by atoms with Gasteiger partial charge in [-0.25, -0.2) is 0 Å². The molecular weight excluding hydrogens is 442 g/mol. The van der Waals surface area contributed by atoms with Crippen LogP contribution < -0.4 is 19.8 Å². The standard InChI is InChI=1S/C29H27NO5/c1-4-16-34-23-15-12-19(17-24(23)33-5-2)26-25-27(31)21-8-6-7-9-22(21)35-28(25)29(32)30(26)20-13-10-18(3)11-14-20/h6-15,17,26H,4-5,16H2,1-3H3. The number of para-hydroxylation sites is 1. The molecule has 1 aromatic heterocycles. The first-order chi connectivity index (χ1) is 17.0. The van der Waals surface area contributed by atoms with Gasteiger partial charge in [0.1, 0.15) is 5.58 Å². The molecule has 1 amide bonds. The first kappa shape index (κ1) is 22.7. The van der Waals surface area contributed by atoms with Gasteiger partial charge in [-0.15, -0.1) is 0 Å². The van der Waals surface area contributed by atoms with Crippen LogP contribution in [0.2, 0.25) is 0 Å². The van der Waals surface area contributed by atoms with Crippen molar-refractivity contribution in [3.05, 3.63) is 99.4 Å². The van der Waals surface area contributed by atoms with Crippen molar-refractivity contribution in [1.29, 1.82) is 0 Å². The summed E-state index contributed by atoms with van der Waals surface area (Å²) in [5.41, 5.74) is 3.02. The van der Waals surface area contributed by atoms with Gasteiger partial charge < -0.3 is 13.9 Å². The van der Waals surface area contributed by atoms with Crippen molar-refractivity contribution in [1.82, 2.24) is 0 Å². The molecular formula is C29H27NO5. The minimum atomic E-state index is -0.666. The number of aryl methyl sites for hydroxylation is 1. The molecule has 0 aliphatic carbocycles. The summed E-state index contributed by atoms with van der Waals surface area (Å²) in [7, 11) is 0. The topological polar surface area (TPSA) is 69.0 Å². The molecule has 1 atom stereocenters. The maximum atomic E-state index is 13.7. The van der Waals surface area contributed by atoms with E-state index in [4.69, 9.17) is 13.9 Å². The average Bonchev–Trinajstić information content (AvgIpc) is 3.16. The molecule has 2 heterocycles. The number of fused-ring (bicyclic) bond motifs is 2. The Hall–Kier alpha value is -4.06. The molecule has 35 heavy (non-hydrogen) atoms. The highest BCUT2D eigenvalue weighted by molar-refractivity contribution is 6.10. The van der Waals surface area contributed by atoms with Crippen molar-refractivity contribution in [3.63, 3.8) is 0 Å². The Morgan fingerprint density at radius 2 is 1.69 bits per heavy atom.